The number of aromatic nitrogens is 1. The van der Waals surface area contributed by atoms with Crippen molar-refractivity contribution in [3.8, 4) is 0 Å². The first-order valence-corrected chi connectivity index (χ1v) is 7.90. The summed E-state index contributed by atoms with van der Waals surface area (Å²) in [6.07, 6.45) is 3.07. The lowest BCUT2D eigenvalue weighted by atomic mass is 9.98. The second-order valence-electron chi connectivity index (χ2n) is 5.60. The van der Waals surface area contributed by atoms with Crippen LogP contribution in [0.3, 0.4) is 0 Å². The van der Waals surface area contributed by atoms with Crippen molar-refractivity contribution in [1.82, 2.24) is 15.2 Å². The Balaban J connectivity index is 2.13. The first-order valence-electron chi connectivity index (χ1n) is 7.02. The third-order valence-electron chi connectivity index (χ3n) is 3.98. The van der Waals surface area contributed by atoms with Gasteiger partial charge in [0.25, 0.3) is 0 Å². The van der Waals surface area contributed by atoms with Crippen LogP contribution in [0, 0.1) is 5.92 Å². The van der Waals surface area contributed by atoms with Crippen LogP contribution in [-0.4, -0.2) is 35.1 Å². The van der Waals surface area contributed by atoms with Crippen LogP contribution < -0.4 is 5.32 Å². The summed E-state index contributed by atoms with van der Waals surface area (Å²) >= 11 is 1.79. The van der Waals surface area contributed by atoms with Gasteiger partial charge in [-0.2, -0.15) is 0 Å². The van der Waals surface area contributed by atoms with Gasteiger partial charge in [0.15, 0.2) is 0 Å². The monoisotopic (exact) mass is 267 g/mol. The first kappa shape index (κ1) is 14.0. The molecular weight excluding hydrogens is 242 g/mol. The molecule has 0 aliphatic carbocycles. The normalized spacial score (nSPS) is 27.6. The Morgan fingerprint density at radius 2 is 2.33 bits per heavy atom. The molecule has 3 atom stereocenters. The molecule has 2 heterocycles. The summed E-state index contributed by atoms with van der Waals surface area (Å²) in [6, 6.07) is 1.69. The molecule has 0 bridgehead atoms. The van der Waals surface area contributed by atoms with E-state index >= 15 is 0 Å². The number of hydrogen-bond acceptors (Lipinski definition) is 4. The molecule has 3 unspecified atom stereocenters. The van der Waals surface area contributed by atoms with E-state index in [0.29, 0.717) is 24.0 Å². The highest BCUT2D eigenvalue weighted by molar-refractivity contribution is 7.09. The summed E-state index contributed by atoms with van der Waals surface area (Å²) in [6.45, 7) is 11.4. The molecule has 0 spiro atoms. The molecule has 18 heavy (non-hydrogen) atoms. The molecule has 1 saturated heterocycles. The Kier molecular flexibility index (Phi) is 4.76. The van der Waals surface area contributed by atoms with Gasteiger partial charge in [0, 0.05) is 36.8 Å². The number of rotatable bonds is 4. The maximum atomic E-state index is 4.52. The Bertz CT molecular complexity index is 350. The molecule has 0 saturated carbocycles. The van der Waals surface area contributed by atoms with Crippen LogP contribution in [0.5, 0.6) is 0 Å². The van der Waals surface area contributed by atoms with Gasteiger partial charge < -0.3 is 5.32 Å². The fraction of sp³-hybridized carbons (Fsp3) is 0.786. The third-order valence-corrected chi connectivity index (χ3v) is 4.85. The van der Waals surface area contributed by atoms with E-state index in [1.54, 1.807) is 11.3 Å². The Morgan fingerprint density at radius 3 is 2.89 bits per heavy atom. The molecule has 0 amide bonds. The molecule has 1 aliphatic heterocycles. The number of thiazole rings is 1. The molecule has 0 radical (unpaired) electrons. The highest BCUT2D eigenvalue weighted by Gasteiger charge is 2.32. The van der Waals surface area contributed by atoms with Crippen molar-refractivity contribution in [3.63, 3.8) is 0 Å². The maximum Gasteiger partial charge on any atom is 0.110 e. The summed E-state index contributed by atoms with van der Waals surface area (Å²) in [5.74, 6) is 0.689. The first-order chi connectivity index (χ1) is 8.63. The van der Waals surface area contributed by atoms with Gasteiger partial charge in [0.1, 0.15) is 5.01 Å². The fourth-order valence-electron chi connectivity index (χ4n) is 2.74. The van der Waals surface area contributed by atoms with E-state index < -0.39 is 0 Å². The van der Waals surface area contributed by atoms with E-state index in [0.717, 1.165) is 19.5 Å². The van der Waals surface area contributed by atoms with Crippen molar-refractivity contribution < 1.29 is 0 Å². The maximum absolute atomic E-state index is 4.52. The lowest BCUT2D eigenvalue weighted by molar-refractivity contribution is 0.0752. The lowest BCUT2D eigenvalue weighted by Crippen LogP contribution is -2.57. The van der Waals surface area contributed by atoms with Gasteiger partial charge in [-0.1, -0.05) is 20.8 Å². The Hall–Kier alpha value is -0.450. The molecule has 1 fully saturated rings. The number of hydrogen-bond donors (Lipinski definition) is 1. The van der Waals surface area contributed by atoms with Crippen molar-refractivity contribution in [3.05, 3.63) is 16.6 Å². The average Bonchev–Trinajstić information content (AvgIpc) is 2.86. The molecular formula is C14H25N3S. The second-order valence-corrected chi connectivity index (χ2v) is 6.53. The third kappa shape index (κ3) is 2.92. The van der Waals surface area contributed by atoms with E-state index in [4.69, 9.17) is 0 Å². The Labute approximate surface area is 115 Å². The van der Waals surface area contributed by atoms with E-state index in [1.807, 2.05) is 6.20 Å². The standard InChI is InChI=1S/C14H25N3S/c1-5-13(14-15-6-7-18-14)17-9-12(10(2)3)16-8-11(17)4/h6-7,10-13,16H,5,8-9H2,1-4H3. The van der Waals surface area contributed by atoms with Crippen LogP contribution in [-0.2, 0) is 0 Å². The van der Waals surface area contributed by atoms with E-state index in [2.05, 4.69) is 48.3 Å². The smallest absolute Gasteiger partial charge is 0.110 e. The summed E-state index contributed by atoms with van der Waals surface area (Å²) < 4.78 is 0. The zero-order chi connectivity index (χ0) is 13.1. The van der Waals surface area contributed by atoms with E-state index in [1.165, 1.54) is 5.01 Å². The van der Waals surface area contributed by atoms with Crippen molar-refractivity contribution in [2.45, 2.75) is 52.2 Å². The molecule has 0 aromatic carbocycles. The zero-order valence-corrected chi connectivity index (χ0v) is 12.7. The minimum absolute atomic E-state index is 0.489. The van der Waals surface area contributed by atoms with Crippen LogP contribution in [0.15, 0.2) is 11.6 Å². The van der Waals surface area contributed by atoms with Crippen molar-refractivity contribution in [2.24, 2.45) is 5.92 Å². The number of nitrogens with zero attached hydrogens (tertiary/aromatic N) is 2. The Morgan fingerprint density at radius 1 is 1.56 bits per heavy atom. The van der Waals surface area contributed by atoms with E-state index in [9.17, 15) is 0 Å². The molecule has 1 aromatic rings. The van der Waals surface area contributed by atoms with Gasteiger partial charge in [0.2, 0.25) is 0 Å². The summed E-state index contributed by atoms with van der Waals surface area (Å²) in [4.78, 5) is 7.16. The quantitative estimate of drug-likeness (QED) is 0.909. The van der Waals surface area contributed by atoms with Gasteiger partial charge in [-0.25, -0.2) is 4.98 Å². The lowest BCUT2D eigenvalue weighted by Gasteiger charge is -2.43. The molecule has 3 nitrogen and oxygen atoms in total. The molecule has 1 aromatic heterocycles. The second kappa shape index (κ2) is 6.13. The van der Waals surface area contributed by atoms with Crippen LogP contribution in [0.2, 0.25) is 0 Å². The predicted octanol–water partition coefficient (Wildman–Crippen LogP) is 2.91. The van der Waals surface area contributed by atoms with Crippen molar-refractivity contribution in [1.29, 1.82) is 0 Å². The van der Waals surface area contributed by atoms with Gasteiger partial charge in [-0.15, -0.1) is 11.3 Å². The molecule has 4 heteroatoms. The summed E-state index contributed by atoms with van der Waals surface area (Å²) in [7, 11) is 0. The molecule has 1 aliphatic rings. The summed E-state index contributed by atoms with van der Waals surface area (Å²) in [5.41, 5.74) is 0. The van der Waals surface area contributed by atoms with Crippen molar-refractivity contribution in [2.75, 3.05) is 13.1 Å². The fourth-order valence-corrected chi connectivity index (χ4v) is 3.58. The van der Waals surface area contributed by atoms with Crippen LogP contribution >= 0.6 is 11.3 Å². The van der Waals surface area contributed by atoms with Gasteiger partial charge in [-0.05, 0) is 19.3 Å². The molecule has 102 valence electrons. The molecule has 1 N–H and O–H groups in total. The topological polar surface area (TPSA) is 28.2 Å². The predicted molar refractivity (Wildman–Crippen MR) is 77.9 cm³/mol. The SMILES string of the molecule is CCC(c1nccs1)N1CC(C(C)C)NCC1C. The zero-order valence-electron chi connectivity index (χ0n) is 11.9. The molecule has 2 rings (SSSR count). The minimum atomic E-state index is 0.489. The van der Waals surface area contributed by atoms with E-state index in [-0.39, 0.29) is 0 Å². The average molecular weight is 267 g/mol. The van der Waals surface area contributed by atoms with Crippen molar-refractivity contribution >= 4 is 11.3 Å². The highest BCUT2D eigenvalue weighted by Crippen LogP contribution is 2.29. The minimum Gasteiger partial charge on any atom is -0.311 e. The van der Waals surface area contributed by atoms with Crippen LogP contribution in [0.1, 0.15) is 45.2 Å². The van der Waals surface area contributed by atoms with Gasteiger partial charge in [0.05, 0.1) is 6.04 Å². The van der Waals surface area contributed by atoms with Crippen LogP contribution in [0.25, 0.3) is 0 Å². The number of nitrogens with one attached hydrogen (secondary N) is 1. The number of piperazine rings is 1. The van der Waals surface area contributed by atoms with Gasteiger partial charge >= 0.3 is 0 Å². The largest absolute Gasteiger partial charge is 0.311 e. The van der Waals surface area contributed by atoms with Gasteiger partial charge in [-0.3, -0.25) is 4.90 Å². The highest BCUT2D eigenvalue weighted by atomic mass is 32.1. The van der Waals surface area contributed by atoms with Crippen LogP contribution in [0.4, 0.5) is 0 Å². The summed E-state index contributed by atoms with van der Waals surface area (Å²) in [5, 5.41) is 7.02.